The molecule has 21 heavy (non-hydrogen) atoms. The molecule has 0 aliphatic heterocycles. The Labute approximate surface area is 125 Å². The fourth-order valence-electron chi connectivity index (χ4n) is 3.18. The van der Waals surface area contributed by atoms with Crippen molar-refractivity contribution in [1.82, 2.24) is 0 Å². The molecule has 1 fully saturated rings. The molecule has 0 amide bonds. The molecular formula is C16H17F3OS. The van der Waals surface area contributed by atoms with Crippen LogP contribution in [0.3, 0.4) is 0 Å². The molecular weight excluding hydrogens is 297 g/mol. The number of fused-ring (bicyclic) bond motifs is 1. The number of rotatable bonds is 2. The first-order valence-electron chi connectivity index (χ1n) is 7.12. The quantitative estimate of drug-likeness (QED) is 0.833. The second kappa shape index (κ2) is 5.29. The Kier molecular flexibility index (Phi) is 3.74. The smallest absolute Gasteiger partial charge is 0.390 e. The van der Waals surface area contributed by atoms with Gasteiger partial charge >= 0.3 is 6.18 Å². The first kappa shape index (κ1) is 14.9. The Balaban J connectivity index is 1.73. The molecule has 5 heteroatoms. The lowest BCUT2D eigenvalue weighted by Gasteiger charge is -2.36. The van der Waals surface area contributed by atoms with Crippen molar-refractivity contribution in [1.29, 1.82) is 0 Å². The van der Waals surface area contributed by atoms with Gasteiger partial charge < -0.3 is 5.11 Å². The minimum Gasteiger partial charge on any atom is -0.390 e. The summed E-state index contributed by atoms with van der Waals surface area (Å²) in [6.07, 6.45) is -3.18. The van der Waals surface area contributed by atoms with Crippen molar-refractivity contribution in [2.24, 2.45) is 5.92 Å². The lowest BCUT2D eigenvalue weighted by atomic mass is 9.75. The molecule has 1 aromatic carbocycles. The standard InChI is InChI=1S/C16H17F3OS/c17-16(18,19)12-5-7-15(20,8-6-12)9-11-10-21-14-4-2-1-3-13(11)14/h1-4,10,12,20H,5-9H2. The first-order valence-corrected chi connectivity index (χ1v) is 8.00. The minimum absolute atomic E-state index is 0.0298. The van der Waals surface area contributed by atoms with E-state index in [1.165, 1.54) is 0 Å². The van der Waals surface area contributed by atoms with Gasteiger partial charge in [0.25, 0.3) is 0 Å². The molecule has 2 aromatic rings. The fraction of sp³-hybridized carbons (Fsp3) is 0.500. The molecule has 0 bridgehead atoms. The number of thiophene rings is 1. The summed E-state index contributed by atoms with van der Waals surface area (Å²) in [5, 5.41) is 13.7. The molecule has 1 aliphatic carbocycles. The SMILES string of the molecule is OC1(Cc2csc3ccccc23)CCC(C(F)(F)F)CC1. The number of benzene rings is 1. The fourth-order valence-corrected chi connectivity index (χ4v) is 4.15. The summed E-state index contributed by atoms with van der Waals surface area (Å²) in [6, 6.07) is 7.94. The molecule has 0 saturated heterocycles. The molecule has 3 rings (SSSR count). The van der Waals surface area contributed by atoms with Gasteiger partial charge in [0.05, 0.1) is 11.5 Å². The van der Waals surface area contributed by atoms with E-state index in [1.807, 2.05) is 29.6 Å². The van der Waals surface area contributed by atoms with Gasteiger partial charge in [0.15, 0.2) is 0 Å². The molecule has 114 valence electrons. The maximum atomic E-state index is 12.7. The number of aliphatic hydroxyl groups is 1. The third-order valence-corrected chi connectivity index (χ3v) is 5.47. The van der Waals surface area contributed by atoms with Gasteiger partial charge in [-0.3, -0.25) is 0 Å². The van der Waals surface area contributed by atoms with Gasteiger partial charge in [0.1, 0.15) is 0 Å². The van der Waals surface area contributed by atoms with Gasteiger partial charge in [0.2, 0.25) is 0 Å². The summed E-state index contributed by atoms with van der Waals surface area (Å²) in [4.78, 5) is 0. The van der Waals surface area contributed by atoms with E-state index in [4.69, 9.17) is 0 Å². The summed E-state index contributed by atoms with van der Waals surface area (Å²) in [5.74, 6) is -1.25. The molecule has 0 unspecified atom stereocenters. The van der Waals surface area contributed by atoms with Gasteiger partial charge in [0, 0.05) is 11.1 Å². The van der Waals surface area contributed by atoms with E-state index in [0.717, 1.165) is 15.6 Å². The van der Waals surface area contributed by atoms with Crippen LogP contribution in [0.2, 0.25) is 0 Å². The predicted octanol–water partition coefficient (Wildman–Crippen LogP) is 4.93. The molecule has 1 nitrogen and oxygen atoms in total. The number of halogens is 3. The third kappa shape index (κ3) is 3.09. The van der Waals surface area contributed by atoms with E-state index in [0.29, 0.717) is 6.42 Å². The van der Waals surface area contributed by atoms with Gasteiger partial charge in [-0.1, -0.05) is 18.2 Å². The maximum Gasteiger partial charge on any atom is 0.391 e. The molecule has 0 atom stereocenters. The Morgan fingerprint density at radius 2 is 1.86 bits per heavy atom. The van der Waals surface area contributed by atoms with E-state index in [2.05, 4.69) is 0 Å². The highest BCUT2D eigenvalue weighted by Gasteiger charge is 2.45. The summed E-state index contributed by atoms with van der Waals surface area (Å²) in [5.41, 5.74) is 0.0505. The molecule has 0 spiro atoms. The molecule has 1 aliphatic rings. The number of alkyl halides is 3. The molecule has 1 heterocycles. The van der Waals surface area contributed by atoms with Crippen molar-refractivity contribution in [3.8, 4) is 0 Å². The zero-order valence-electron chi connectivity index (χ0n) is 11.5. The van der Waals surface area contributed by atoms with Crippen LogP contribution < -0.4 is 0 Å². The van der Waals surface area contributed by atoms with E-state index in [9.17, 15) is 18.3 Å². The van der Waals surface area contributed by atoms with Gasteiger partial charge in [-0.15, -0.1) is 11.3 Å². The van der Waals surface area contributed by atoms with Crippen molar-refractivity contribution in [3.63, 3.8) is 0 Å². The van der Waals surface area contributed by atoms with Crippen LogP contribution >= 0.6 is 11.3 Å². The second-order valence-electron chi connectivity index (χ2n) is 5.97. The van der Waals surface area contributed by atoms with Crippen LogP contribution in [-0.4, -0.2) is 16.9 Å². The molecule has 1 aromatic heterocycles. The van der Waals surface area contributed by atoms with Crippen LogP contribution in [0.4, 0.5) is 13.2 Å². The van der Waals surface area contributed by atoms with E-state index in [1.54, 1.807) is 11.3 Å². The van der Waals surface area contributed by atoms with Crippen molar-refractivity contribution in [2.45, 2.75) is 43.9 Å². The lowest BCUT2D eigenvalue weighted by molar-refractivity contribution is -0.192. The number of hydrogen-bond donors (Lipinski definition) is 1. The molecule has 1 saturated carbocycles. The predicted molar refractivity (Wildman–Crippen MR) is 78.5 cm³/mol. The minimum atomic E-state index is -4.13. The highest BCUT2D eigenvalue weighted by Crippen LogP contribution is 2.43. The Morgan fingerprint density at radius 3 is 2.52 bits per heavy atom. The summed E-state index contributed by atoms with van der Waals surface area (Å²) < 4.78 is 39.2. The second-order valence-corrected chi connectivity index (χ2v) is 6.89. The van der Waals surface area contributed by atoms with Crippen LogP contribution in [0.15, 0.2) is 29.6 Å². The molecule has 0 radical (unpaired) electrons. The van der Waals surface area contributed by atoms with E-state index >= 15 is 0 Å². The van der Waals surface area contributed by atoms with Gasteiger partial charge in [-0.25, -0.2) is 0 Å². The van der Waals surface area contributed by atoms with Crippen molar-refractivity contribution >= 4 is 21.4 Å². The Hall–Kier alpha value is -1.07. The largest absolute Gasteiger partial charge is 0.391 e. The summed E-state index contributed by atoms with van der Waals surface area (Å²) >= 11 is 1.61. The lowest BCUT2D eigenvalue weighted by Crippen LogP contribution is -2.39. The topological polar surface area (TPSA) is 20.2 Å². The van der Waals surface area contributed by atoms with E-state index in [-0.39, 0.29) is 25.7 Å². The normalized spacial score (nSPS) is 27.1. The summed E-state index contributed by atoms with van der Waals surface area (Å²) in [7, 11) is 0. The Morgan fingerprint density at radius 1 is 1.19 bits per heavy atom. The first-order chi connectivity index (χ1) is 9.87. The summed E-state index contributed by atoms with van der Waals surface area (Å²) in [6.45, 7) is 0. The van der Waals surface area contributed by atoms with Crippen LogP contribution in [0.1, 0.15) is 31.2 Å². The van der Waals surface area contributed by atoms with Crippen LogP contribution in [0.5, 0.6) is 0 Å². The van der Waals surface area contributed by atoms with Crippen molar-refractivity contribution in [2.75, 3.05) is 0 Å². The van der Waals surface area contributed by atoms with Crippen LogP contribution in [0.25, 0.3) is 10.1 Å². The van der Waals surface area contributed by atoms with Gasteiger partial charge in [-0.05, 0) is 48.1 Å². The van der Waals surface area contributed by atoms with E-state index < -0.39 is 17.7 Å². The van der Waals surface area contributed by atoms with Crippen LogP contribution in [0, 0.1) is 5.92 Å². The third-order valence-electron chi connectivity index (χ3n) is 4.46. The number of hydrogen-bond acceptors (Lipinski definition) is 2. The zero-order valence-corrected chi connectivity index (χ0v) is 12.3. The highest BCUT2D eigenvalue weighted by atomic mass is 32.1. The average Bonchev–Trinajstić information content (AvgIpc) is 2.81. The molecule has 1 N–H and O–H groups in total. The highest BCUT2D eigenvalue weighted by molar-refractivity contribution is 7.17. The Bertz CT molecular complexity index is 624. The van der Waals surface area contributed by atoms with Gasteiger partial charge in [-0.2, -0.15) is 13.2 Å². The average molecular weight is 314 g/mol. The van der Waals surface area contributed by atoms with Crippen molar-refractivity contribution < 1.29 is 18.3 Å². The maximum absolute atomic E-state index is 12.7. The zero-order chi connectivity index (χ0) is 15.1. The van der Waals surface area contributed by atoms with Crippen molar-refractivity contribution in [3.05, 3.63) is 35.2 Å². The van der Waals surface area contributed by atoms with Crippen LogP contribution in [-0.2, 0) is 6.42 Å². The monoisotopic (exact) mass is 314 g/mol.